The fraction of sp³-hybridized carbons (Fsp3) is 0.810. The lowest BCUT2D eigenvalue weighted by molar-refractivity contribution is -0.137. The molecular formula is C21H39NO5. The van der Waals surface area contributed by atoms with Crippen LogP contribution in [0.4, 0.5) is 4.79 Å². The van der Waals surface area contributed by atoms with Gasteiger partial charge in [-0.1, -0.05) is 31.9 Å². The summed E-state index contributed by atoms with van der Waals surface area (Å²) in [5, 5.41) is 17.9. The van der Waals surface area contributed by atoms with Gasteiger partial charge in [-0.15, -0.1) is 0 Å². The number of aliphatic hydroxyl groups is 1. The molecule has 6 heteroatoms. The maximum absolute atomic E-state index is 12.5. The number of allylic oxidation sites excluding steroid dienone is 2. The second-order valence-corrected chi connectivity index (χ2v) is 7.88. The molecule has 0 aliphatic carbocycles. The van der Waals surface area contributed by atoms with E-state index >= 15 is 0 Å². The molecule has 0 aliphatic rings. The molecule has 0 fully saturated rings. The summed E-state index contributed by atoms with van der Waals surface area (Å²) >= 11 is 0. The molecule has 1 atom stereocenters. The highest BCUT2D eigenvalue weighted by Crippen LogP contribution is 2.19. The van der Waals surface area contributed by atoms with E-state index in [4.69, 9.17) is 9.84 Å². The highest BCUT2D eigenvalue weighted by Gasteiger charge is 2.27. The molecule has 0 spiro atoms. The number of unbranched alkanes of at least 4 members (excludes halogenated alkanes) is 3. The van der Waals surface area contributed by atoms with E-state index in [1.54, 1.807) is 4.90 Å². The van der Waals surface area contributed by atoms with E-state index < -0.39 is 11.6 Å². The molecular weight excluding hydrogens is 346 g/mol. The van der Waals surface area contributed by atoms with Crippen molar-refractivity contribution in [2.45, 2.75) is 97.1 Å². The third-order valence-electron chi connectivity index (χ3n) is 4.12. The van der Waals surface area contributed by atoms with Crippen LogP contribution < -0.4 is 0 Å². The number of carboxylic acids is 1. The van der Waals surface area contributed by atoms with E-state index in [-0.39, 0.29) is 25.2 Å². The number of ether oxygens (including phenoxy) is 1. The van der Waals surface area contributed by atoms with Crippen LogP contribution in [0.5, 0.6) is 0 Å². The van der Waals surface area contributed by atoms with Crippen molar-refractivity contribution in [3.8, 4) is 0 Å². The van der Waals surface area contributed by atoms with E-state index in [0.29, 0.717) is 13.0 Å². The molecule has 0 saturated heterocycles. The molecule has 0 aromatic carbocycles. The Morgan fingerprint density at radius 2 is 1.70 bits per heavy atom. The second-order valence-electron chi connectivity index (χ2n) is 7.88. The molecule has 0 aromatic heterocycles. The van der Waals surface area contributed by atoms with Crippen LogP contribution in [0, 0.1) is 0 Å². The maximum Gasteiger partial charge on any atom is 0.410 e. The van der Waals surface area contributed by atoms with Crippen LogP contribution >= 0.6 is 0 Å². The van der Waals surface area contributed by atoms with Crippen LogP contribution in [0.2, 0.25) is 0 Å². The number of hydrogen-bond donors (Lipinski definition) is 2. The summed E-state index contributed by atoms with van der Waals surface area (Å²) in [5.41, 5.74) is -0.549. The van der Waals surface area contributed by atoms with Gasteiger partial charge in [-0.05, 0) is 59.3 Å². The lowest BCUT2D eigenvalue weighted by Gasteiger charge is -2.33. The molecule has 0 radical (unpaired) electrons. The molecule has 0 saturated carbocycles. The standard InChI is InChI=1S/C21H39NO5/c1-5-13-18(22(16-17-23)20(26)27-21(2,3)4)14-11-9-7-6-8-10-12-15-19(24)25/h6,8,18,23H,5,7,9-17H2,1-4H3,(H,24,25)/b8-6-. The summed E-state index contributed by atoms with van der Waals surface area (Å²) in [4.78, 5) is 24.6. The van der Waals surface area contributed by atoms with Gasteiger partial charge in [0.15, 0.2) is 0 Å². The zero-order valence-electron chi connectivity index (χ0n) is 17.6. The van der Waals surface area contributed by atoms with Crippen LogP contribution in [-0.2, 0) is 9.53 Å². The van der Waals surface area contributed by atoms with E-state index in [2.05, 4.69) is 13.0 Å². The smallest absolute Gasteiger partial charge is 0.410 e. The van der Waals surface area contributed by atoms with Crippen LogP contribution in [0.1, 0.15) is 85.5 Å². The number of aliphatic hydroxyl groups excluding tert-OH is 1. The number of aliphatic carboxylic acids is 1. The monoisotopic (exact) mass is 385 g/mol. The Kier molecular flexibility index (Phi) is 13.7. The minimum Gasteiger partial charge on any atom is -0.481 e. The lowest BCUT2D eigenvalue weighted by Crippen LogP contribution is -2.44. The van der Waals surface area contributed by atoms with Gasteiger partial charge in [-0.3, -0.25) is 4.79 Å². The Labute approximate surface area is 164 Å². The minimum absolute atomic E-state index is 0.0709. The van der Waals surface area contributed by atoms with Gasteiger partial charge in [0.25, 0.3) is 0 Å². The molecule has 0 bridgehead atoms. The topological polar surface area (TPSA) is 87.1 Å². The predicted octanol–water partition coefficient (Wildman–Crippen LogP) is 4.76. The van der Waals surface area contributed by atoms with Crippen LogP contribution in [0.15, 0.2) is 12.2 Å². The number of amides is 1. The Balaban J connectivity index is 4.39. The van der Waals surface area contributed by atoms with Gasteiger partial charge in [0, 0.05) is 19.0 Å². The molecule has 2 N–H and O–H groups in total. The first-order chi connectivity index (χ1) is 12.7. The zero-order valence-corrected chi connectivity index (χ0v) is 17.6. The Hall–Kier alpha value is -1.56. The van der Waals surface area contributed by atoms with Gasteiger partial charge in [0.1, 0.15) is 5.60 Å². The van der Waals surface area contributed by atoms with Gasteiger partial charge in [0.05, 0.1) is 6.61 Å². The molecule has 1 amide bonds. The molecule has 158 valence electrons. The van der Waals surface area contributed by atoms with Crippen LogP contribution in [-0.4, -0.2) is 52.0 Å². The van der Waals surface area contributed by atoms with Gasteiger partial charge in [-0.2, -0.15) is 0 Å². The fourth-order valence-electron chi connectivity index (χ4n) is 2.89. The summed E-state index contributed by atoms with van der Waals surface area (Å²) in [6.07, 6.45) is 11.2. The minimum atomic E-state index is -0.747. The highest BCUT2D eigenvalue weighted by molar-refractivity contribution is 5.68. The van der Waals surface area contributed by atoms with Gasteiger partial charge in [-0.25, -0.2) is 4.79 Å². The second kappa shape index (κ2) is 14.5. The van der Waals surface area contributed by atoms with Crippen molar-refractivity contribution in [3.05, 3.63) is 12.2 Å². The number of hydrogen-bond acceptors (Lipinski definition) is 4. The van der Waals surface area contributed by atoms with Crippen LogP contribution in [0.3, 0.4) is 0 Å². The van der Waals surface area contributed by atoms with Gasteiger partial charge in [0.2, 0.25) is 0 Å². The number of carbonyl (C=O) groups excluding carboxylic acids is 1. The molecule has 1 unspecified atom stereocenters. The average molecular weight is 386 g/mol. The fourth-order valence-corrected chi connectivity index (χ4v) is 2.89. The van der Waals surface area contributed by atoms with Crippen molar-refractivity contribution in [2.75, 3.05) is 13.2 Å². The molecule has 0 aromatic rings. The Bertz CT molecular complexity index is 442. The van der Waals surface area contributed by atoms with Crippen molar-refractivity contribution in [3.63, 3.8) is 0 Å². The molecule has 0 rings (SSSR count). The summed E-state index contributed by atoms with van der Waals surface area (Å²) in [7, 11) is 0. The number of carbonyl (C=O) groups is 2. The predicted molar refractivity (Wildman–Crippen MR) is 108 cm³/mol. The van der Waals surface area contributed by atoms with Crippen molar-refractivity contribution < 1.29 is 24.5 Å². The van der Waals surface area contributed by atoms with Crippen molar-refractivity contribution in [1.29, 1.82) is 0 Å². The van der Waals surface area contributed by atoms with E-state index in [9.17, 15) is 14.7 Å². The first-order valence-corrected chi connectivity index (χ1v) is 10.2. The highest BCUT2D eigenvalue weighted by atomic mass is 16.6. The summed E-state index contributed by atoms with van der Waals surface area (Å²) < 4.78 is 5.50. The molecule has 0 heterocycles. The zero-order chi connectivity index (χ0) is 20.7. The summed E-state index contributed by atoms with van der Waals surface area (Å²) in [5.74, 6) is -0.747. The van der Waals surface area contributed by atoms with Crippen molar-refractivity contribution in [1.82, 2.24) is 4.90 Å². The number of rotatable bonds is 14. The molecule has 0 aliphatic heterocycles. The van der Waals surface area contributed by atoms with E-state index in [1.807, 2.05) is 26.8 Å². The van der Waals surface area contributed by atoms with Crippen molar-refractivity contribution in [2.24, 2.45) is 0 Å². The number of carboxylic acid groups (broad SMARTS) is 1. The first kappa shape index (κ1) is 25.4. The van der Waals surface area contributed by atoms with Crippen molar-refractivity contribution >= 4 is 12.1 Å². The quantitative estimate of drug-likeness (QED) is 0.333. The third kappa shape index (κ3) is 14.2. The van der Waals surface area contributed by atoms with Gasteiger partial charge >= 0.3 is 12.1 Å². The maximum atomic E-state index is 12.5. The summed E-state index contributed by atoms with van der Waals surface area (Å²) in [6.45, 7) is 7.86. The normalized spacial score (nSPS) is 12.9. The third-order valence-corrected chi connectivity index (χ3v) is 4.12. The summed E-state index contributed by atoms with van der Waals surface area (Å²) in [6, 6.07) is 0.0801. The lowest BCUT2D eigenvalue weighted by atomic mass is 10.0. The van der Waals surface area contributed by atoms with Crippen LogP contribution in [0.25, 0.3) is 0 Å². The first-order valence-electron chi connectivity index (χ1n) is 10.2. The Morgan fingerprint density at radius 3 is 2.22 bits per heavy atom. The van der Waals surface area contributed by atoms with E-state index in [0.717, 1.165) is 44.9 Å². The van der Waals surface area contributed by atoms with E-state index in [1.165, 1.54) is 0 Å². The van der Waals surface area contributed by atoms with Gasteiger partial charge < -0.3 is 19.8 Å². The Morgan fingerprint density at radius 1 is 1.07 bits per heavy atom. The molecule has 27 heavy (non-hydrogen) atoms. The number of nitrogens with zero attached hydrogens (tertiary/aromatic N) is 1. The largest absolute Gasteiger partial charge is 0.481 e. The average Bonchev–Trinajstić information content (AvgIpc) is 2.55. The molecule has 6 nitrogen and oxygen atoms in total. The SMILES string of the molecule is CCCC(CCCC/C=C\CCCC(=O)O)N(CCO)C(=O)OC(C)(C)C.